The Hall–Kier alpha value is -1.51. The Bertz CT molecular complexity index is 801. The number of H-pyrrole nitrogens is 1. The lowest BCUT2D eigenvalue weighted by atomic mass is 10.4. The second-order valence-electron chi connectivity index (χ2n) is 4.36. The summed E-state index contributed by atoms with van der Waals surface area (Å²) < 4.78 is 2.97. The predicted octanol–water partition coefficient (Wildman–Crippen LogP) is 0.650. The number of allylic oxidation sites excluding steroid dienone is 2. The summed E-state index contributed by atoms with van der Waals surface area (Å²) in [4.78, 5) is 30.3. The summed E-state index contributed by atoms with van der Waals surface area (Å²) >= 11 is 7.15. The first-order valence-electron chi connectivity index (χ1n) is 6.21. The number of aromatic amines is 1. The van der Waals surface area contributed by atoms with Gasteiger partial charge in [0.15, 0.2) is 16.3 Å². The van der Waals surface area contributed by atoms with E-state index in [2.05, 4.69) is 9.97 Å². The molecule has 0 aliphatic rings. The zero-order chi connectivity index (χ0) is 15.6. The van der Waals surface area contributed by atoms with E-state index in [0.717, 1.165) is 0 Å². The number of thioether (sulfide) groups is 1. The number of hydrogen-bond donors (Lipinski definition) is 2. The van der Waals surface area contributed by atoms with Crippen molar-refractivity contribution < 1.29 is 5.11 Å². The predicted molar refractivity (Wildman–Crippen MR) is 83.0 cm³/mol. The molecule has 0 bridgehead atoms. The van der Waals surface area contributed by atoms with Gasteiger partial charge in [0.1, 0.15) is 0 Å². The molecule has 0 spiro atoms. The molecule has 2 rings (SSSR count). The van der Waals surface area contributed by atoms with Gasteiger partial charge in [0, 0.05) is 24.4 Å². The fourth-order valence-electron chi connectivity index (χ4n) is 1.85. The second-order valence-corrected chi connectivity index (χ2v) is 6.02. The van der Waals surface area contributed by atoms with E-state index in [0.29, 0.717) is 33.7 Å². The van der Waals surface area contributed by atoms with E-state index in [9.17, 15) is 9.59 Å². The highest BCUT2D eigenvalue weighted by Crippen LogP contribution is 2.21. The molecule has 9 heteroatoms. The van der Waals surface area contributed by atoms with Crippen molar-refractivity contribution in [3.8, 4) is 0 Å². The van der Waals surface area contributed by atoms with Gasteiger partial charge in [-0.3, -0.25) is 14.3 Å². The first-order chi connectivity index (χ1) is 9.95. The lowest BCUT2D eigenvalue weighted by Crippen LogP contribution is -2.29. The number of aliphatic hydroxyl groups excluding tert-OH is 1. The van der Waals surface area contributed by atoms with E-state index in [4.69, 9.17) is 16.7 Å². The highest BCUT2D eigenvalue weighted by atomic mass is 35.5. The van der Waals surface area contributed by atoms with Crippen LogP contribution in [0.2, 0.25) is 0 Å². The van der Waals surface area contributed by atoms with Crippen molar-refractivity contribution in [2.45, 2.75) is 18.6 Å². The number of aryl methyl sites for hydroxylation is 1. The molecule has 0 atom stereocenters. The van der Waals surface area contributed by atoms with Gasteiger partial charge in [-0.2, -0.15) is 0 Å². The van der Waals surface area contributed by atoms with Gasteiger partial charge in [-0.05, 0) is 6.92 Å². The number of halogens is 1. The van der Waals surface area contributed by atoms with Crippen LogP contribution in [-0.2, 0) is 13.6 Å². The van der Waals surface area contributed by atoms with E-state index >= 15 is 0 Å². The molecular weight excluding hydrogens is 316 g/mol. The summed E-state index contributed by atoms with van der Waals surface area (Å²) in [6.45, 7) is 2.09. The molecule has 0 unspecified atom stereocenters. The van der Waals surface area contributed by atoms with Crippen LogP contribution >= 0.6 is 23.4 Å². The van der Waals surface area contributed by atoms with Crippen LogP contribution in [0.4, 0.5) is 0 Å². The molecule has 0 aliphatic carbocycles. The van der Waals surface area contributed by atoms with Gasteiger partial charge in [0.25, 0.3) is 5.56 Å². The Kier molecular flexibility index (Phi) is 4.92. The van der Waals surface area contributed by atoms with Crippen molar-refractivity contribution in [2.75, 3.05) is 12.4 Å². The molecule has 0 aliphatic heterocycles. The van der Waals surface area contributed by atoms with Crippen molar-refractivity contribution in [1.82, 2.24) is 19.1 Å². The van der Waals surface area contributed by atoms with Crippen LogP contribution in [0.5, 0.6) is 0 Å². The van der Waals surface area contributed by atoms with Gasteiger partial charge in [0.2, 0.25) is 0 Å². The molecular formula is C12H15ClN4O3S. The van der Waals surface area contributed by atoms with Gasteiger partial charge >= 0.3 is 5.69 Å². The number of imidazole rings is 1. The zero-order valence-electron chi connectivity index (χ0n) is 11.6. The van der Waals surface area contributed by atoms with E-state index in [1.807, 2.05) is 0 Å². The van der Waals surface area contributed by atoms with Crippen molar-refractivity contribution in [2.24, 2.45) is 7.05 Å². The zero-order valence-corrected chi connectivity index (χ0v) is 13.2. The third kappa shape index (κ3) is 3.22. The number of hydrogen-bond acceptors (Lipinski definition) is 5. The Morgan fingerprint density at radius 2 is 2.24 bits per heavy atom. The highest BCUT2D eigenvalue weighted by Gasteiger charge is 2.16. The van der Waals surface area contributed by atoms with E-state index in [1.54, 1.807) is 24.6 Å². The van der Waals surface area contributed by atoms with Crippen LogP contribution in [0.1, 0.15) is 6.92 Å². The first kappa shape index (κ1) is 15.9. The van der Waals surface area contributed by atoms with Crippen LogP contribution in [0.15, 0.2) is 25.9 Å². The van der Waals surface area contributed by atoms with E-state index in [-0.39, 0.29) is 6.61 Å². The van der Waals surface area contributed by atoms with Gasteiger partial charge in [0.05, 0.1) is 6.61 Å². The van der Waals surface area contributed by atoms with E-state index in [1.165, 1.54) is 16.3 Å². The molecule has 2 N–H and O–H groups in total. The SMILES string of the molecule is CC(Cl)=CCn1c(SCCO)nc2c1c(=O)[nH]c(=O)n2C. The quantitative estimate of drug-likeness (QED) is 0.785. The van der Waals surface area contributed by atoms with Crippen LogP contribution < -0.4 is 11.2 Å². The molecule has 2 aromatic heterocycles. The molecule has 0 amide bonds. The number of rotatable bonds is 5. The van der Waals surface area contributed by atoms with Crippen molar-refractivity contribution in [3.63, 3.8) is 0 Å². The molecule has 0 saturated heterocycles. The van der Waals surface area contributed by atoms with Crippen molar-refractivity contribution in [3.05, 3.63) is 31.9 Å². The second kappa shape index (κ2) is 6.50. The lowest BCUT2D eigenvalue weighted by Gasteiger charge is -2.05. The van der Waals surface area contributed by atoms with Gasteiger partial charge in [-0.15, -0.1) is 0 Å². The Morgan fingerprint density at radius 1 is 1.52 bits per heavy atom. The van der Waals surface area contributed by atoms with Crippen molar-refractivity contribution in [1.29, 1.82) is 0 Å². The minimum Gasteiger partial charge on any atom is -0.396 e. The largest absolute Gasteiger partial charge is 0.396 e. The fraction of sp³-hybridized carbons (Fsp3) is 0.417. The molecule has 0 fully saturated rings. The first-order valence-corrected chi connectivity index (χ1v) is 7.57. The molecule has 114 valence electrons. The number of fused-ring (bicyclic) bond motifs is 1. The van der Waals surface area contributed by atoms with Gasteiger partial charge in [-0.1, -0.05) is 29.4 Å². The third-order valence-electron chi connectivity index (χ3n) is 2.85. The Balaban J connectivity index is 2.70. The summed E-state index contributed by atoms with van der Waals surface area (Å²) in [5.74, 6) is 0.443. The average molecular weight is 331 g/mol. The van der Waals surface area contributed by atoms with Crippen LogP contribution in [-0.4, -0.2) is 36.6 Å². The van der Waals surface area contributed by atoms with Crippen LogP contribution in [0, 0.1) is 0 Å². The molecule has 7 nitrogen and oxygen atoms in total. The maximum Gasteiger partial charge on any atom is 0.329 e. The standard InChI is InChI=1S/C12H15ClN4O3S/c1-7(13)3-4-17-8-9(14-12(17)21-6-5-18)16(2)11(20)15-10(8)19/h3,18H,4-6H2,1-2H3,(H,15,19,20). The Morgan fingerprint density at radius 3 is 2.86 bits per heavy atom. The summed E-state index contributed by atoms with van der Waals surface area (Å²) in [6, 6.07) is 0. The highest BCUT2D eigenvalue weighted by molar-refractivity contribution is 7.99. The number of nitrogens with zero attached hydrogens (tertiary/aromatic N) is 3. The summed E-state index contributed by atoms with van der Waals surface area (Å²) in [7, 11) is 1.54. The summed E-state index contributed by atoms with van der Waals surface area (Å²) in [5, 5.41) is 10.1. The molecule has 0 radical (unpaired) electrons. The van der Waals surface area contributed by atoms with E-state index < -0.39 is 11.2 Å². The monoisotopic (exact) mass is 330 g/mol. The molecule has 0 saturated carbocycles. The fourth-order valence-corrected chi connectivity index (χ4v) is 2.66. The molecule has 0 aromatic carbocycles. The van der Waals surface area contributed by atoms with Gasteiger partial charge in [-0.25, -0.2) is 9.78 Å². The lowest BCUT2D eigenvalue weighted by molar-refractivity contribution is 0.322. The Labute approximate surface area is 129 Å². The van der Waals surface area contributed by atoms with Gasteiger partial charge < -0.3 is 9.67 Å². The topological polar surface area (TPSA) is 92.9 Å². The summed E-state index contributed by atoms with van der Waals surface area (Å²) in [5.41, 5.74) is -0.381. The molecule has 21 heavy (non-hydrogen) atoms. The maximum absolute atomic E-state index is 12.1. The third-order valence-corrected chi connectivity index (χ3v) is 3.96. The number of aromatic nitrogens is 4. The normalized spacial score (nSPS) is 12.3. The molecule has 2 heterocycles. The van der Waals surface area contributed by atoms with Crippen LogP contribution in [0.25, 0.3) is 11.2 Å². The number of aliphatic hydroxyl groups is 1. The number of nitrogens with one attached hydrogen (secondary N) is 1. The van der Waals surface area contributed by atoms with Crippen LogP contribution in [0.3, 0.4) is 0 Å². The molecule has 2 aromatic rings. The average Bonchev–Trinajstić information content (AvgIpc) is 2.79. The minimum absolute atomic E-state index is 0.00642. The minimum atomic E-state index is -0.514. The smallest absolute Gasteiger partial charge is 0.329 e. The maximum atomic E-state index is 12.1. The van der Waals surface area contributed by atoms with Crippen molar-refractivity contribution >= 4 is 34.5 Å². The summed E-state index contributed by atoms with van der Waals surface area (Å²) in [6.07, 6.45) is 1.75.